The smallest absolute Gasteiger partial charge is 0.226 e. The van der Waals surface area contributed by atoms with Crippen molar-refractivity contribution >= 4 is 29.3 Å². The second-order valence-electron chi connectivity index (χ2n) is 4.94. The molecule has 1 atom stereocenters. The average Bonchev–Trinajstić information content (AvgIpc) is 2.75. The first-order valence-electron chi connectivity index (χ1n) is 6.43. The van der Waals surface area contributed by atoms with E-state index >= 15 is 0 Å². The fourth-order valence-electron chi connectivity index (χ4n) is 2.52. The van der Waals surface area contributed by atoms with E-state index in [-0.39, 0.29) is 11.3 Å². The summed E-state index contributed by atoms with van der Waals surface area (Å²) in [5, 5.41) is 0.910. The molecule has 0 aromatic heterocycles. The van der Waals surface area contributed by atoms with E-state index in [1.807, 2.05) is 34.9 Å². The van der Waals surface area contributed by atoms with Crippen molar-refractivity contribution in [2.45, 2.75) is 24.6 Å². The van der Waals surface area contributed by atoms with Gasteiger partial charge in [-0.3, -0.25) is 4.79 Å². The Kier molecular flexibility index (Phi) is 3.53. The predicted octanol–water partition coefficient (Wildman–Crippen LogP) is 3.71. The van der Waals surface area contributed by atoms with Gasteiger partial charge in [-0.15, -0.1) is 11.8 Å². The maximum atomic E-state index is 12.4. The molecular weight excluding hydrogens is 266 g/mol. The van der Waals surface area contributed by atoms with Crippen LogP contribution in [0.3, 0.4) is 0 Å². The Labute approximate surface area is 117 Å². The molecule has 3 rings (SSSR count). The zero-order valence-electron chi connectivity index (χ0n) is 10.1. The SMILES string of the molecule is O=C(C1CCC1)N1CCSC1c1cccc(Cl)c1. The van der Waals surface area contributed by atoms with Crippen LogP contribution < -0.4 is 0 Å². The molecule has 0 radical (unpaired) electrons. The van der Waals surface area contributed by atoms with E-state index in [2.05, 4.69) is 6.07 Å². The minimum atomic E-state index is 0.164. The minimum absolute atomic E-state index is 0.164. The molecule has 2 fully saturated rings. The molecule has 1 saturated heterocycles. The van der Waals surface area contributed by atoms with Gasteiger partial charge >= 0.3 is 0 Å². The number of nitrogens with zero attached hydrogens (tertiary/aromatic N) is 1. The molecule has 2 aliphatic rings. The van der Waals surface area contributed by atoms with Crippen molar-refractivity contribution < 1.29 is 4.79 Å². The highest BCUT2D eigenvalue weighted by atomic mass is 35.5. The van der Waals surface area contributed by atoms with Crippen LogP contribution in [0.15, 0.2) is 24.3 Å². The quantitative estimate of drug-likeness (QED) is 0.824. The van der Waals surface area contributed by atoms with E-state index in [1.165, 1.54) is 6.42 Å². The van der Waals surface area contributed by atoms with Crippen LogP contribution in [0.5, 0.6) is 0 Å². The Morgan fingerprint density at radius 1 is 1.39 bits per heavy atom. The monoisotopic (exact) mass is 281 g/mol. The number of rotatable bonds is 2. The van der Waals surface area contributed by atoms with Gasteiger partial charge in [-0.2, -0.15) is 0 Å². The lowest BCUT2D eigenvalue weighted by Gasteiger charge is -2.32. The minimum Gasteiger partial charge on any atom is -0.325 e. The lowest BCUT2D eigenvalue weighted by atomic mass is 9.84. The van der Waals surface area contributed by atoms with Gasteiger partial charge in [-0.05, 0) is 30.5 Å². The Balaban J connectivity index is 1.80. The first-order chi connectivity index (χ1) is 8.75. The van der Waals surface area contributed by atoms with E-state index < -0.39 is 0 Å². The first-order valence-corrected chi connectivity index (χ1v) is 7.86. The van der Waals surface area contributed by atoms with E-state index in [9.17, 15) is 4.79 Å². The van der Waals surface area contributed by atoms with Gasteiger partial charge in [0.05, 0.1) is 0 Å². The van der Waals surface area contributed by atoms with Crippen molar-refractivity contribution in [2.75, 3.05) is 12.3 Å². The maximum absolute atomic E-state index is 12.4. The number of hydrogen-bond donors (Lipinski definition) is 0. The lowest BCUT2D eigenvalue weighted by molar-refractivity contribution is -0.138. The summed E-state index contributed by atoms with van der Waals surface area (Å²) in [6, 6.07) is 7.88. The highest BCUT2D eigenvalue weighted by Gasteiger charge is 2.36. The summed E-state index contributed by atoms with van der Waals surface area (Å²) in [5.41, 5.74) is 1.15. The summed E-state index contributed by atoms with van der Waals surface area (Å²) in [7, 11) is 0. The Morgan fingerprint density at radius 2 is 2.22 bits per heavy atom. The van der Waals surface area contributed by atoms with Crippen LogP contribution in [0.4, 0.5) is 0 Å². The van der Waals surface area contributed by atoms with Crippen molar-refractivity contribution in [1.29, 1.82) is 0 Å². The third kappa shape index (κ3) is 2.26. The number of carbonyl (C=O) groups is 1. The van der Waals surface area contributed by atoms with Crippen LogP contribution in [0.1, 0.15) is 30.2 Å². The third-order valence-electron chi connectivity index (χ3n) is 3.76. The Morgan fingerprint density at radius 3 is 2.89 bits per heavy atom. The molecule has 1 aromatic rings. The van der Waals surface area contributed by atoms with Crippen LogP contribution in [-0.4, -0.2) is 23.1 Å². The van der Waals surface area contributed by atoms with Crippen molar-refractivity contribution in [3.05, 3.63) is 34.9 Å². The summed E-state index contributed by atoms with van der Waals surface area (Å²) in [5.74, 6) is 1.65. The Hall–Kier alpha value is -0.670. The van der Waals surface area contributed by atoms with Crippen LogP contribution in [0.25, 0.3) is 0 Å². The van der Waals surface area contributed by atoms with E-state index in [0.29, 0.717) is 5.91 Å². The molecule has 1 aliphatic heterocycles. The highest BCUT2D eigenvalue weighted by molar-refractivity contribution is 7.99. The molecule has 4 heteroatoms. The van der Waals surface area contributed by atoms with E-state index in [1.54, 1.807) is 0 Å². The molecule has 2 nitrogen and oxygen atoms in total. The fraction of sp³-hybridized carbons (Fsp3) is 0.500. The zero-order chi connectivity index (χ0) is 12.5. The number of amides is 1. The topological polar surface area (TPSA) is 20.3 Å². The van der Waals surface area contributed by atoms with Crippen molar-refractivity contribution in [1.82, 2.24) is 4.90 Å². The summed E-state index contributed by atoms with van der Waals surface area (Å²) in [6.07, 6.45) is 3.35. The number of carbonyl (C=O) groups excluding carboxylic acids is 1. The predicted molar refractivity (Wildman–Crippen MR) is 75.7 cm³/mol. The van der Waals surface area contributed by atoms with Gasteiger partial charge in [0.2, 0.25) is 5.91 Å². The van der Waals surface area contributed by atoms with Crippen molar-refractivity contribution in [2.24, 2.45) is 5.92 Å². The number of thioether (sulfide) groups is 1. The normalized spacial score (nSPS) is 24.1. The summed E-state index contributed by atoms with van der Waals surface area (Å²) in [6.45, 7) is 0.872. The van der Waals surface area contributed by atoms with Crippen molar-refractivity contribution in [3.63, 3.8) is 0 Å². The van der Waals surface area contributed by atoms with Gasteiger partial charge in [-0.1, -0.05) is 30.2 Å². The van der Waals surface area contributed by atoms with Crippen LogP contribution in [-0.2, 0) is 4.79 Å². The fourth-order valence-corrected chi connectivity index (χ4v) is 3.97. The molecule has 1 aliphatic carbocycles. The molecule has 0 bridgehead atoms. The van der Waals surface area contributed by atoms with Crippen molar-refractivity contribution in [3.8, 4) is 0 Å². The summed E-state index contributed by atoms with van der Waals surface area (Å²) >= 11 is 7.88. The molecule has 1 unspecified atom stereocenters. The number of hydrogen-bond acceptors (Lipinski definition) is 2. The van der Waals surface area contributed by atoms with Gasteiger partial charge in [-0.25, -0.2) is 0 Å². The molecule has 0 spiro atoms. The van der Waals surface area contributed by atoms with Crippen LogP contribution in [0.2, 0.25) is 5.02 Å². The number of halogens is 1. The second kappa shape index (κ2) is 5.14. The standard InChI is InChI=1S/C14H16ClNOS/c15-12-6-2-5-11(9-12)14-16(7-8-18-14)13(17)10-3-1-4-10/h2,5-6,9-10,14H,1,3-4,7-8H2. The first kappa shape index (κ1) is 12.4. The lowest BCUT2D eigenvalue weighted by Crippen LogP contribution is -2.38. The summed E-state index contributed by atoms with van der Waals surface area (Å²) in [4.78, 5) is 14.4. The second-order valence-corrected chi connectivity index (χ2v) is 6.56. The summed E-state index contributed by atoms with van der Waals surface area (Å²) < 4.78 is 0. The molecule has 0 N–H and O–H groups in total. The molecule has 1 aromatic carbocycles. The van der Waals surface area contributed by atoms with E-state index in [0.717, 1.165) is 35.7 Å². The van der Waals surface area contributed by atoms with Gasteiger partial charge in [0, 0.05) is 23.2 Å². The molecule has 96 valence electrons. The molecule has 1 amide bonds. The van der Waals surface area contributed by atoms with E-state index in [4.69, 9.17) is 11.6 Å². The van der Waals surface area contributed by atoms with Gasteiger partial charge in [0.25, 0.3) is 0 Å². The molecular formula is C14H16ClNOS. The third-order valence-corrected chi connectivity index (χ3v) is 5.26. The van der Waals surface area contributed by atoms with Gasteiger partial charge in [0.15, 0.2) is 0 Å². The van der Waals surface area contributed by atoms with Gasteiger partial charge < -0.3 is 4.90 Å². The molecule has 1 heterocycles. The zero-order valence-corrected chi connectivity index (χ0v) is 11.7. The number of benzene rings is 1. The highest BCUT2D eigenvalue weighted by Crippen LogP contribution is 2.41. The molecule has 18 heavy (non-hydrogen) atoms. The largest absolute Gasteiger partial charge is 0.325 e. The Bertz CT molecular complexity index is 461. The van der Waals surface area contributed by atoms with Crippen LogP contribution >= 0.6 is 23.4 Å². The van der Waals surface area contributed by atoms with Gasteiger partial charge in [0.1, 0.15) is 5.37 Å². The van der Waals surface area contributed by atoms with Crippen LogP contribution in [0, 0.1) is 5.92 Å². The maximum Gasteiger partial charge on any atom is 0.226 e. The average molecular weight is 282 g/mol. The molecule has 1 saturated carbocycles.